The lowest BCUT2D eigenvalue weighted by molar-refractivity contribution is 1.46. The molecule has 2 rings (SSSR count). The number of halogens is 2. The molecule has 0 radical (unpaired) electrons. The first-order valence-electron chi connectivity index (χ1n) is 5.94. The minimum Gasteiger partial charge on any atom is -0.0837 e. The Kier molecular flexibility index (Phi) is 2.18. The van der Waals surface area contributed by atoms with Crippen LogP contribution in [0.5, 0.6) is 0 Å². The van der Waals surface area contributed by atoms with E-state index in [2.05, 4.69) is 15.9 Å². The maximum atomic E-state index is 7.35. The first kappa shape index (κ1) is 7.48. The highest BCUT2D eigenvalue weighted by atomic mass is 79.9. The Morgan fingerprint density at radius 3 is 2.60 bits per heavy atom. The van der Waals surface area contributed by atoms with Gasteiger partial charge in [0.2, 0.25) is 0 Å². The Morgan fingerprint density at radius 2 is 1.93 bits per heavy atom. The van der Waals surface area contributed by atoms with E-state index in [0.717, 1.165) is 15.6 Å². The molecular formula is C13H10BrCl. The molecule has 0 bridgehead atoms. The van der Waals surface area contributed by atoms with Crippen LogP contribution in [0.3, 0.4) is 0 Å². The molecule has 0 heterocycles. The monoisotopic (exact) mass is 283 g/mol. The van der Waals surface area contributed by atoms with E-state index in [4.69, 9.17) is 15.7 Å². The van der Waals surface area contributed by atoms with Crippen LogP contribution in [0.15, 0.2) is 46.9 Å². The van der Waals surface area contributed by atoms with Gasteiger partial charge in [0.25, 0.3) is 0 Å². The van der Waals surface area contributed by atoms with E-state index in [1.54, 1.807) is 12.1 Å². The second kappa shape index (κ2) is 4.38. The van der Waals surface area contributed by atoms with Gasteiger partial charge in [-0.1, -0.05) is 57.9 Å². The third-order valence-corrected chi connectivity index (χ3v) is 3.14. The van der Waals surface area contributed by atoms with E-state index >= 15 is 0 Å². The van der Waals surface area contributed by atoms with Gasteiger partial charge in [0.15, 0.2) is 0 Å². The number of hydrogen-bond donors (Lipinski definition) is 0. The van der Waals surface area contributed by atoms with Crippen molar-refractivity contribution in [3.8, 4) is 11.1 Å². The quantitative estimate of drug-likeness (QED) is 0.685. The van der Waals surface area contributed by atoms with Crippen molar-refractivity contribution in [1.29, 1.82) is 0 Å². The molecule has 0 aliphatic rings. The molecule has 0 aromatic heterocycles. The van der Waals surface area contributed by atoms with E-state index in [1.165, 1.54) is 6.07 Å². The smallest absolute Gasteiger partial charge is 0.0487 e. The summed E-state index contributed by atoms with van der Waals surface area (Å²) in [6.07, 6.45) is 0. The van der Waals surface area contributed by atoms with Gasteiger partial charge in [-0.3, -0.25) is 0 Å². The van der Waals surface area contributed by atoms with Crippen molar-refractivity contribution in [2.75, 3.05) is 0 Å². The third-order valence-electron chi connectivity index (χ3n) is 2.13. The van der Waals surface area contributed by atoms with E-state index in [-0.39, 0.29) is 5.56 Å². The fourth-order valence-electron chi connectivity index (χ4n) is 1.41. The van der Waals surface area contributed by atoms with Crippen molar-refractivity contribution in [1.82, 2.24) is 0 Å². The fourth-order valence-corrected chi connectivity index (χ4v) is 2.19. The van der Waals surface area contributed by atoms with Crippen LogP contribution in [0.1, 0.15) is 9.68 Å². The van der Waals surface area contributed by atoms with Crippen LogP contribution in [0.4, 0.5) is 0 Å². The molecule has 0 atom stereocenters. The summed E-state index contributed by atoms with van der Waals surface area (Å²) in [5.41, 5.74) is 2.01. The Hall–Kier alpha value is -0.790. The van der Waals surface area contributed by atoms with Crippen LogP contribution < -0.4 is 0 Å². The van der Waals surface area contributed by atoms with Gasteiger partial charge < -0.3 is 0 Å². The van der Waals surface area contributed by atoms with Gasteiger partial charge >= 0.3 is 0 Å². The SMILES string of the molecule is [2H]C([2H])([2H])c1ccc(-c2ccccc2Br)c(Cl)c1. The molecule has 0 nitrogen and oxygen atoms in total. The maximum absolute atomic E-state index is 7.35. The van der Waals surface area contributed by atoms with E-state index < -0.39 is 6.85 Å². The van der Waals surface area contributed by atoms with Crippen LogP contribution in [-0.4, -0.2) is 0 Å². The molecule has 0 saturated heterocycles. The minimum absolute atomic E-state index is 0.253. The Balaban J connectivity index is 2.52. The lowest BCUT2D eigenvalue weighted by Crippen LogP contribution is -1.82. The molecule has 0 aliphatic carbocycles. The van der Waals surface area contributed by atoms with Gasteiger partial charge in [-0.15, -0.1) is 0 Å². The molecule has 0 saturated carbocycles. The molecule has 0 N–H and O–H groups in total. The highest BCUT2D eigenvalue weighted by Crippen LogP contribution is 2.33. The summed E-state index contributed by atoms with van der Waals surface area (Å²) >= 11 is 9.63. The minimum atomic E-state index is -2.13. The van der Waals surface area contributed by atoms with Gasteiger partial charge in [0.1, 0.15) is 0 Å². The summed E-state index contributed by atoms with van der Waals surface area (Å²) in [7, 11) is 0. The molecule has 0 aliphatic heterocycles. The first-order chi connectivity index (χ1) is 8.39. The van der Waals surface area contributed by atoms with Gasteiger partial charge in [-0.05, 0) is 30.1 Å². The van der Waals surface area contributed by atoms with Crippen LogP contribution in [-0.2, 0) is 0 Å². The molecule has 0 fully saturated rings. The second-order valence-corrected chi connectivity index (χ2v) is 4.44. The summed E-state index contributed by atoms with van der Waals surface area (Å²) in [6, 6.07) is 12.5. The largest absolute Gasteiger partial charge is 0.0837 e. The molecule has 0 spiro atoms. The van der Waals surface area contributed by atoms with Crippen molar-refractivity contribution in [3.63, 3.8) is 0 Å². The lowest BCUT2D eigenvalue weighted by atomic mass is 10.0. The van der Waals surface area contributed by atoms with Crippen molar-refractivity contribution in [3.05, 3.63) is 57.5 Å². The van der Waals surface area contributed by atoms with Crippen LogP contribution in [0.25, 0.3) is 11.1 Å². The average Bonchev–Trinajstić information content (AvgIpc) is 2.29. The van der Waals surface area contributed by atoms with Crippen LogP contribution in [0.2, 0.25) is 5.02 Å². The summed E-state index contributed by atoms with van der Waals surface area (Å²) in [5, 5.41) is 0.440. The zero-order valence-corrected chi connectivity index (χ0v) is 10.1. The molecular weight excluding hydrogens is 272 g/mol. The van der Waals surface area contributed by atoms with Crippen LogP contribution in [0, 0.1) is 6.85 Å². The molecule has 2 aromatic rings. The molecule has 0 amide bonds. The van der Waals surface area contributed by atoms with Crippen molar-refractivity contribution >= 4 is 27.5 Å². The van der Waals surface area contributed by atoms with Gasteiger partial charge in [0, 0.05) is 19.2 Å². The Labute approximate surface area is 107 Å². The highest BCUT2D eigenvalue weighted by Gasteiger charge is 2.06. The van der Waals surface area contributed by atoms with E-state index in [0.29, 0.717) is 5.02 Å². The van der Waals surface area contributed by atoms with E-state index in [1.807, 2.05) is 24.3 Å². The highest BCUT2D eigenvalue weighted by molar-refractivity contribution is 9.10. The number of hydrogen-bond acceptors (Lipinski definition) is 0. The van der Waals surface area contributed by atoms with E-state index in [9.17, 15) is 0 Å². The number of rotatable bonds is 1. The second-order valence-electron chi connectivity index (χ2n) is 3.17. The number of benzene rings is 2. The zero-order chi connectivity index (χ0) is 13.3. The van der Waals surface area contributed by atoms with Gasteiger partial charge in [0.05, 0.1) is 0 Å². The van der Waals surface area contributed by atoms with Crippen molar-refractivity contribution < 1.29 is 4.11 Å². The number of aryl methyl sites for hydroxylation is 1. The predicted molar refractivity (Wildman–Crippen MR) is 69.3 cm³/mol. The summed E-state index contributed by atoms with van der Waals surface area (Å²) < 4.78 is 23.0. The fraction of sp³-hybridized carbons (Fsp3) is 0.0769. The molecule has 2 aromatic carbocycles. The third kappa shape index (κ3) is 2.24. The normalized spacial score (nSPS) is 14.1. The predicted octanol–water partition coefficient (Wildman–Crippen LogP) is 5.08. The molecule has 2 heteroatoms. The van der Waals surface area contributed by atoms with Gasteiger partial charge in [-0.25, -0.2) is 0 Å². The maximum Gasteiger partial charge on any atom is 0.0487 e. The Morgan fingerprint density at radius 1 is 1.13 bits per heavy atom. The van der Waals surface area contributed by atoms with Gasteiger partial charge in [-0.2, -0.15) is 0 Å². The zero-order valence-electron chi connectivity index (χ0n) is 10.8. The van der Waals surface area contributed by atoms with Crippen LogP contribution >= 0.6 is 27.5 Å². The van der Waals surface area contributed by atoms with Crippen molar-refractivity contribution in [2.24, 2.45) is 0 Å². The summed E-state index contributed by atoms with van der Waals surface area (Å²) in [6.45, 7) is -2.13. The lowest BCUT2D eigenvalue weighted by Gasteiger charge is -2.07. The van der Waals surface area contributed by atoms with Crippen molar-refractivity contribution in [2.45, 2.75) is 6.85 Å². The first-order valence-corrected chi connectivity index (χ1v) is 5.61. The molecule has 76 valence electrons. The topological polar surface area (TPSA) is 0 Å². The average molecular weight is 285 g/mol. The molecule has 0 unspecified atom stereocenters. The summed E-state index contributed by atoms with van der Waals surface area (Å²) in [4.78, 5) is 0. The summed E-state index contributed by atoms with van der Waals surface area (Å²) in [5.74, 6) is 0. The standard InChI is InChI=1S/C13H10BrCl/c1-9-6-7-11(13(15)8-9)10-4-2-3-5-12(10)14/h2-8H,1H3/i1D3. The molecule has 15 heavy (non-hydrogen) atoms. The Bertz CT molecular complexity index is 579.